The van der Waals surface area contributed by atoms with E-state index < -0.39 is 6.10 Å². The average Bonchev–Trinajstić information content (AvgIpc) is 3.28. The van der Waals surface area contributed by atoms with Crippen LogP contribution in [0.15, 0.2) is 54.0 Å². The molecule has 0 aliphatic carbocycles. The highest BCUT2D eigenvalue weighted by molar-refractivity contribution is 7.13. The number of nitrogens with one attached hydrogen (secondary N) is 1. The number of thiazole rings is 1. The maximum absolute atomic E-state index is 12.7. The number of anilines is 1. The summed E-state index contributed by atoms with van der Waals surface area (Å²) in [7, 11) is 0. The number of carbonyl (C=O) groups is 2. The molecular weight excluding hydrogens is 430 g/mol. The number of ether oxygens (including phenoxy) is 2. The van der Waals surface area contributed by atoms with Crippen molar-refractivity contribution in [3.63, 3.8) is 0 Å². The third-order valence-electron chi connectivity index (χ3n) is 4.75. The van der Waals surface area contributed by atoms with Crippen molar-refractivity contribution in [2.45, 2.75) is 19.4 Å². The average molecular weight is 454 g/mol. The SMILES string of the molecule is CCCOc1cc(Oc2ccc(C(=O)N3CC(O)C3)cc2)cc(C(=O)Nc2nccs2)c1. The number of hydrogen-bond donors (Lipinski definition) is 2. The number of aliphatic hydroxyl groups is 1. The molecule has 0 spiro atoms. The molecule has 2 N–H and O–H groups in total. The first-order valence-corrected chi connectivity index (χ1v) is 11.1. The Morgan fingerprint density at radius 2 is 1.88 bits per heavy atom. The topological polar surface area (TPSA) is 101 Å². The highest BCUT2D eigenvalue weighted by Gasteiger charge is 2.29. The van der Waals surface area contributed by atoms with Crippen molar-refractivity contribution in [3.05, 3.63) is 65.2 Å². The Bertz CT molecular complexity index is 1080. The van der Waals surface area contributed by atoms with Gasteiger partial charge in [0, 0.05) is 41.9 Å². The number of β-amino-alcohol motifs (C(OH)–C–C–N with tert-alkyl or cyclic N) is 1. The lowest BCUT2D eigenvalue weighted by Gasteiger charge is -2.35. The summed E-state index contributed by atoms with van der Waals surface area (Å²) in [5.41, 5.74) is 0.903. The van der Waals surface area contributed by atoms with Crippen molar-refractivity contribution in [1.82, 2.24) is 9.88 Å². The number of likely N-dealkylation sites (tertiary alicyclic amines) is 1. The Morgan fingerprint density at radius 3 is 2.53 bits per heavy atom. The second kappa shape index (κ2) is 9.80. The number of rotatable bonds is 8. The van der Waals surface area contributed by atoms with Crippen molar-refractivity contribution in [1.29, 1.82) is 0 Å². The van der Waals surface area contributed by atoms with Crippen LogP contribution in [0.2, 0.25) is 0 Å². The first-order valence-electron chi connectivity index (χ1n) is 10.3. The smallest absolute Gasteiger partial charge is 0.257 e. The molecule has 8 nitrogen and oxygen atoms in total. The normalized spacial score (nSPS) is 13.4. The zero-order valence-corrected chi connectivity index (χ0v) is 18.3. The number of nitrogens with zero attached hydrogens (tertiary/aromatic N) is 2. The molecule has 0 bridgehead atoms. The summed E-state index contributed by atoms with van der Waals surface area (Å²) in [4.78, 5) is 30.7. The van der Waals surface area contributed by atoms with E-state index in [1.807, 2.05) is 6.92 Å². The van der Waals surface area contributed by atoms with Gasteiger partial charge in [-0.1, -0.05) is 6.92 Å². The minimum Gasteiger partial charge on any atom is -0.493 e. The van der Waals surface area contributed by atoms with E-state index in [-0.39, 0.29) is 11.8 Å². The Hall–Kier alpha value is -3.43. The van der Waals surface area contributed by atoms with Gasteiger partial charge in [-0.3, -0.25) is 14.9 Å². The van der Waals surface area contributed by atoms with Crippen molar-refractivity contribution in [2.24, 2.45) is 0 Å². The first kappa shape index (κ1) is 21.8. The van der Waals surface area contributed by atoms with Gasteiger partial charge in [0.1, 0.15) is 17.2 Å². The van der Waals surface area contributed by atoms with Gasteiger partial charge in [0.2, 0.25) is 0 Å². The molecule has 2 aromatic carbocycles. The lowest BCUT2D eigenvalue weighted by Crippen LogP contribution is -2.53. The van der Waals surface area contributed by atoms with Crippen molar-refractivity contribution in [2.75, 3.05) is 25.0 Å². The maximum atomic E-state index is 12.7. The zero-order valence-electron chi connectivity index (χ0n) is 17.5. The predicted molar refractivity (Wildman–Crippen MR) is 121 cm³/mol. The summed E-state index contributed by atoms with van der Waals surface area (Å²) < 4.78 is 11.7. The number of aromatic nitrogens is 1. The van der Waals surface area contributed by atoms with E-state index >= 15 is 0 Å². The third kappa shape index (κ3) is 5.24. The fraction of sp³-hybridized carbons (Fsp3) is 0.261. The van der Waals surface area contributed by atoms with Crippen LogP contribution in [0.5, 0.6) is 17.2 Å². The lowest BCUT2D eigenvalue weighted by molar-refractivity contribution is 0.00589. The predicted octanol–water partition coefficient (Wildman–Crippen LogP) is 3.79. The highest BCUT2D eigenvalue weighted by Crippen LogP contribution is 2.29. The molecule has 9 heteroatoms. The number of hydrogen-bond acceptors (Lipinski definition) is 7. The van der Waals surface area contributed by atoms with Gasteiger partial charge >= 0.3 is 0 Å². The molecule has 0 atom stereocenters. The van der Waals surface area contributed by atoms with Gasteiger partial charge in [-0.25, -0.2) is 4.98 Å². The number of aliphatic hydroxyl groups excluding tert-OH is 1. The number of amides is 2. The largest absolute Gasteiger partial charge is 0.493 e. The molecule has 1 aliphatic heterocycles. The Labute approximate surface area is 189 Å². The van der Waals surface area contributed by atoms with E-state index in [1.165, 1.54) is 11.3 Å². The molecule has 2 amide bonds. The van der Waals surface area contributed by atoms with Crippen LogP contribution in [0.3, 0.4) is 0 Å². The zero-order chi connectivity index (χ0) is 22.5. The van der Waals surface area contributed by atoms with Crippen molar-refractivity contribution >= 4 is 28.3 Å². The van der Waals surface area contributed by atoms with Gasteiger partial charge < -0.3 is 19.5 Å². The minimum atomic E-state index is -0.439. The monoisotopic (exact) mass is 453 g/mol. The van der Waals surface area contributed by atoms with Gasteiger partial charge in [0.25, 0.3) is 11.8 Å². The van der Waals surface area contributed by atoms with E-state index in [0.29, 0.717) is 53.2 Å². The second-order valence-electron chi connectivity index (χ2n) is 7.32. The molecule has 2 heterocycles. The van der Waals surface area contributed by atoms with Crippen LogP contribution in [0, 0.1) is 0 Å². The molecule has 4 rings (SSSR count). The van der Waals surface area contributed by atoms with Crippen LogP contribution >= 0.6 is 11.3 Å². The molecule has 1 aromatic heterocycles. The molecule has 1 fully saturated rings. The molecule has 1 aliphatic rings. The van der Waals surface area contributed by atoms with Crippen LogP contribution in [0.25, 0.3) is 0 Å². The lowest BCUT2D eigenvalue weighted by atomic mass is 10.1. The fourth-order valence-electron chi connectivity index (χ4n) is 3.12. The van der Waals surface area contributed by atoms with Crippen LogP contribution < -0.4 is 14.8 Å². The molecule has 0 unspecified atom stereocenters. The quantitative estimate of drug-likeness (QED) is 0.538. The number of benzene rings is 2. The molecular formula is C23H23N3O5S. The first-order chi connectivity index (χ1) is 15.5. The van der Waals surface area contributed by atoms with Gasteiger partial charge in [0.05, 0.1) is 12.7 Å². The molecule has 1 saturated heterocycles. The van der Waals surface area contributed by atoms with Crippen LogP contribution in [0.1, 0.15) is 34.1 Å². The van der Waals surface area contributed by atoms with Gasteiger partial charge in [-0.15, -0.1) is 11.3 Å². The second-order valence-corrected chi connectivity index (χ2v) is 8.22. The summed E-state index contributed by atoms with van der Waals surface area (Å²) >= 11 is 1.33. The van der Waals surface area contributed by atoms with E-state index in [9.17, 15) is 14.7 Å². The van der Waals surface area contributed by atoms with Crippen LogP contribution in [0.4, 0.5) is 5.13 Å². The van der Waals surface area contributed by atoms with E-state index in [1.54, 1.807) is 58.9 Å². The van der Waals surface area contributed by atoms with Crippen LogP contribution in [-0.4, -0.2) is 52.6 Å². The van der Waals surface area contributed by atoms with Gasteiger partial charge in [-0.05, 0) is 42.8 Å². The summed E-state index contributed by atoms with van der Waals surface area (Å²) in [6.07, 6.45) is 2.01. The summed E-state index contributed by atoms with van der Waals surface area (Å²) in [6, 6.07) is 11.7. The molecule has 32 heavy (non-hydrogen) atoms. The van der Waals surface area contributed by atoms with Gasteiger partial charge in [0.15, 0.2) is 5.13 Å². The maximum Gasteiger partial charge on any atom is 0.257 e. The summed E-state index contributed by atoms with van der Waals surface area (Å²) in [5, 5.41) is 14.4. The standard InChI is InChI=1S/C23H23N3O5S/c1-2-8-30-19-10-16(21(28)25-23-24-7-9-32-23)11-20(12-19)31-18-5-3-15(4-6-18)22(29)26-13-17(27)14-26/h3-7,9-12,17,27H,2,8,13-14H2,1H3,(H,24,25,28). The number of carbonyl (C=O) groups excluding carboxylic acids is 2. The van der Waals surface area contributed by atoms with E-state index in [4.69, 9.17) is 9.47 Å². The Kier molecular flexibility index (Phi) is 6.67. The molecule has 166 valence electrons. The van der Waals surface area contributed by atoms with Gasteiger partial charge in [-0.2, -0.15) is 0 Å². The summed E-state index contributed by atoms with van der Waals surface area (Å²) in [6.45, 7) is 3.22. The van der Waals surface area contributed by atoms with Crippen molar-refractivity contribution in [3.8, 4) is 17.2 Å². The minimum absolute atomic E-state index is 0.127. The fourth-order valence-corrected chi connectivity index (χ4v) is 3.65. The van der Waals surface area contributed by atoms with Crippen LogP contribution in [-0.2, 0) is 0 Å². The molecule has 0 radical (unpaired) electrons. The van der Waals surface area contributed by atoms with Crippen molar-refractivity contribution < 1.29 is 24.2 Å². The Balaban J connectivity index is 1.50. The van der Waals surface area contributed by atoms with E-state index in [2.05, 4.69) is 10.3 Å². The third-order valence-corrected chi connectivity index (χ3v) is 5.44. The Morgan fingerprint density at radius 1 is 1.12 bits per heavy atom. The summed E-state index contributed by atoms with van der Waals surface area (Å²) in [5.74, 6) is 1.04. The highest BCUT2D eigenvalue weighted by atomic mass is 32.1. The molecule has 3 aromatic rings. The van der Waals surface area contributed by atoms with E-state index in [0.717, 1.165) is 6.42 Å². The molecule has 0 saturated carbocycles.